The van der Waals surface area contributed by atoms with Crippen molar-refractivity contribution < 1.29 is 4.79 Å². The number of nitrogens with one attached hydrogen (secondary N) is 3. The lowest BCUT2D eigenvalue weighted by Crippen LogP contribution is -2.27. The van der Waals surface area contributed by atoms with E-state index in [4.69, 9.17) is 0 Å². The van der Waals surface area contributed by atoms with Gasteiger partial charge in [-0.15, -0.1) is 0 Å². The molecule has 37 heavy (non-hydrogen) atoms. The molecule has 0 unspecified atom stereocenters. The molecule has 3 N–H and O–H groups in total. The predicted molar refractivity (Wildman–Crippen MR) is 146 cm³/mol. The maximum Gasteiger partial charge on any atom is 0.229 e. The number of carbonyl (C=O) groups is 1. The summed E-state index contributed by atoms with van der Waals surface area (Å²) in [6.07, 6.45) is 8.75. The lowest BCUT2D eigenvalue weighted by molar-refractivity contribution is -0.123. The van der Waals surface area contributed by atoms with Gasteiger partial charge in [0, 0.05) is 45.9 Å². The quantitative estimate of drug-likeness (QED) is 0.273. The average molecular weight is 488 g/mol. The van der Waals surface area contributed by atoms with Gasteiger partial charge in [0.05, 0.1) is 35.0 Å². The number of H-pyrrole nitrogens is 2. The van der Waals surface area contributed by atoms with Gasteiger partial charge in [-0.1, -0.05) is 32.9 Å². The minimum atomic E-state index is -0.504. The van der Waals surface area contributed by atoms with Crippen LogP contribution in [0.25, 0.3) is 55.6 Å². The smallest absolute Gasteiger partial charge is 0.229 e. The van der Waals surface area contributed by atoms with Crippen LogP contribution in [-0.2, 0) is 4.79 Å². The molecule has 0 saturated heterocycles. The summed E-state index contributed by atoms with van der Waals surface area (Å²) in [6, 6.07) is 16.2. The Labute approximate surface area is 213 Å². The second kappa shape index (κ2) is 8.67. The number of hydrogen-bond acceptors (Lipinski definition) is 5. The van der Waals surface area contributed by atoms with Gasteiger partial charge in [-0.3, -0.25) is 24.8 Å². The van der Waals surface area contributed by atoms with E-state index in [-0.39, 0.29) is 5.91 Å². The lowest BCUT2D eigenvalue weighted by Gasteiger charge is -2.17. The van der Waals surface area contributed by atoms with Crippen LogP contribution in [0.4, 0.5) is 5.69 Å². The summed E-state index contributed by atoms with van der Waals surface area (Å²) < 4.78 is 0. The minimum absolute atomic E-state index is 0.0723. The number of anilines is 1. The molecule has 6 rings (SSSR count). The zero-order valence-electron chi connectivity index (χ0n) is 20.7. The molecule has 0 aliphatic heterocycles. The van der Waals surface area contributed by atoms with Crippen LogP contribution in [-0.4, -0.2) is 36.0 Å². The molecule has 0 aliphatic carbocycles. The highest BCUT2D eigenvalue weighted by Gasteiger charge is 2.21. The van der Waals surface area contributed by atoms with E-state index in [2.05, 4.69) is 53.6 Å². The number of aromatic amines is 2. The largest absolute Gasteiger partial charge is 0.353 e. The van der Waals surface area contributed by atoms with E-state index in [0.29, 0.717) is 5.69 Å². The van der Waals surface area contributed by atoms with Crippen molar-refractivity contribution in [1.82, 2.24) is 30.1 Å². The summed E-state index contributed by atoms with van der Waals surface area (Å²) in [4.78, 5) is 29.0. The van der Waals surface area contributed by atoms with Gasteiger partial charge in [-0.2, -0.15) is 5.10 Å². The molecule has 8 nitrogen and oxygen atoms in total. The molecule has 8 heteroatoms. The van der Waals surface area contributed by atoms with Crippen LogP contribution in [0.5, 0.6) is 0 Å². The number of nitrogens with zero attached hydrogens (tertiary/aromatic N) is 4. The molecule has 5 heterocycles. The third-order valence-corrected chi connectivity index (χ3v) is 6.33. The third kappa shape index (κ3) is 4.23. The van der Waals surface area contributed by atoms with Gasteiger partial charge in [0.15, 0.2) is 0 Å². The first-order valence-corrected chi connectivity index (χ1v) is 12.0. The maximum absolute atomic E-state index is 12.4. The Hall–Kier alpha value is -4.85. The zero-order valence-corrected chi connectivity index (χ0v) is 20.7. The molecular formula is C29H25N7O. The summed E-state index contributed by atoms with van der Waals surface area (Å²) >= 11 is 0. The number of carbonyl (C=O) groups excluding carboxylic acids is 1. The monoisotopic (exact) mass is 487 g/mol. The highest BCUT2D eigenvalue weighted by Crippen LogP contribution is 2.34. The van der Waals surface area contributed by atoms with Crippen LogP contribution in [0.1, 0.15) is 20.8 Å². The first-order valence-electron chi connectivity index (χ1n) is 12.0. The fourth-order valence-corrected chi connectivity index (χ4v) is 4.31. The van der Waals surface area contributed by atoms with Gasteiger partial charge in [0.1, 0.15) is 5.69 Å². The van der Waals surface area contributed by atoms with Gasteiger partial charge < -0.3 is 10.3 Å². The summed E-state index contributed by atoms with van der Waals surface area (Å²) in [7, 11) is 0. The Balaban J connectivity index is 1.40. The Bertz CT molecular complexity index is 1760. The molecule has 0 atom stereocenters. The van der Waals surface area contributed by atoms with E-state index in [9.17, 15) is 4.79 Å². The molecule has 182 valence electrons. The van der Waals surface area contributed by atoms with E-state index < -0.39 is 5.41 Å². The highest BCUT2D eigenvalue weighted by atomic mass is 16.2. The van der Waals surface area contributed by atoms with Gasteiger partial charge in [0.2, 0.25) is 5.91 Å². The first kappa shape index (κ1) is 22.6. The van der Waals surface area contributed by atoms with E-state index >= 15 is 0 Å². The van der Waals surface area contributed by atoms with Crippen molar-refractivity contribution in [2.24, 2.45) is 5.41 Å². The molecule has 0 bridgehead atoms. The van der Waals surface area contributed by atoms with E-state index in [0.717, 1.165) is 55.6 Å². The van der Waals surface area contributed by atoms with Crippen LogP contribution in [0.3, 0.4) is 0 Å². The summed E-state index contributed by atoms with van der Waals surface area (Å²) in [5, 5.41) is 12.7. The van der Waals surface area contributed by atoms with Crippen molar-refractivity contribution in [2.45, 2.75) is 20.8 Å². The number of amides is 1. The summed E-state index contributed by atoms with van der Waals surface area (Å²) in [5.74, 6) is -0.0723. The third-order valence-electron chi connectivity index (χ3n) is 6.33. The molecule has 1 amide bonds. The number of rotatable bonds is 4. The predicted octanol–water partition coefficient (Wildman–Crippen LogP) is 6.21. The van der Waals surface area contributed by atoms with Crippen LogP contribution in [0.15, 0.2) is 79.5 Å². The average Bonchev–Trinajstić information content (AvgIpc) is 3.52. The second-order valence-electron chi connectivity index (χ2n) is 10.0. The molecule has 6 aromatic rings. The number of benzene rings is 1. The van der Waals surface area contributed by atoms with Crippen LogP contribution >= 0.6 is 0 Å². The van der Waals surface area contributed by atoms with Gasteiger partial charge in [-0.05, 0) is 47.5 Å². The van der Waals surface area contributed by atoms with E-state index in [1.54, 1.807) is 31.0 Å². The highest BCUT2D eigenvalue weighted by molar-refractivity contribution is 6.01. The standard InChI is InChI=1S/C29H25N7O/c1-29(2,3)28(37)33-19-11-18(14-31-15-19)24-13-22-26(16-32-24)35-36-27(22)25-12-21-20(5-4-6-23(21)34-25)17-7-9-30-10-8-17/h4-16,34H,1-3H3,(H,33,37)(H,35,36). The molecule has 0 radical (unpaired) electrons. The number of fused-ring (bicyclic) bond motifs is 2. The second-order valence-corrected chi connectivity index (χ2v) is 10.0. The molecule has 5 aromatic heterocycles. The van der Waals surface area contributed by atoms with E-state index in [1.165, 1.54) is 0 Å². The topological polar surface area (TPSA) is 112 Å². The maximum atomic E-state index is 12.4. The molecule has 0 fully saturated rings. The van der Waals surface area contributed by atoms with Crippen molar-refractivity contribution in [1.29, 1.82) is 0 Å². The van der Waals surface area contributed by atoms with Crippen LogP contribution in [0, 0.1) is 5.41 Å². The van der Waals surface area contributed by atoms with Crippen LogP contribution in [0.2, 0.25) is 0 Å². The van der Waals surface area contributed by atoms with Crippen molar-refractivity contribution in [3.05, 3.63) is 79.5 Å². The fraction of sp³-hybridized carbons (Fsp3) is 0.138. The van der Waals surface area contributed by atoms with E-state index in [1.807, 2.05) is 51.1 Å². The van der Waals surface area contributed by atoms with Gasteiger partial charge in [-0.25, -0.2) is 0 Å². The first-order chi connectivity index (χ1) is 17.9. The molecule has 1 aromatic carbocycles. The molecule has 0 saturated carbocycles. The summed E-state index contributed by atoms with van der Waals surface area (Å²) in [5.41, 5.74) is 7.48. The Kier molecular flexibility index (Phi) is 5.30. The Morgan fingerprint density at radius 2 is 1.70 bits per heavy atom. The number of pyridine rings is 3. The zero-order chi connectivity index (χ0) is 25.6. The van der Waals surface area contributed by atoms with Crippen molar-refractivity contribution >= 4 is 33.4 Å². The minimum Gasteiger partial charge on any atom is -0.353 e. The van der Waals surface area contributed by atoms with Crippen LogP contribution < -0.4 is 5.32 Å². The number of aromatic nitrogens is 6. The van der Waals surface area contributed by atoms with Crippen molar-refractivity contribution in [2.75, 3.05) is 5.32 Å². The number of hydrogen-bond donors (Lipinski definition) is 3. The fourth-order valence-electron chi connectivity index (χ4n) is 4.31. The van der Waals surface area contributed by atoms with Crippen molar-refractivity contribution in [3.8, 4) is 33.8 Å². The normalized spacial score (nSPS) is 11.8. The molecule has 0 spiro atoms. The summed E-state index contributed by atoms with van der Waals surface area (Å²) in [6.45, 7) is 5.62. The SMILES string of the molecule is CC(C)(C)C(=O)Nc1cncc(-c2cc3c(-c4cc5c(-c6ccncc6)cccc5[nH]4)n[nH]c3cn2)c1. The molecular weight excluding hydrogens is 462 g/mol. The van der Waals surface area contributed by atoms with Gasteiger partial charge in [0.25, 0.3) is 0 Å². The van der Waals surface area contributed by atoms with Crippen molar-refractivity contribution in [3.63, 3.8) is 0 Å². The molecule has 0 aliphatic rings. The Morgan fingerprint density at radius 1 is 0.865 bits per heavy atom. The Morgan fingerprint density at radius 3 is 2.51 bits per heavy atom. The van der Waals surface area contributed by atoms with Gasteiger partial charge >= 0.3 is 0 Å². The lowest BCUT2D eigenvalue weighted by atomic mass is 9.95.